The van der Waals surface area contributed by atoms with Gasteiger partial charge in [-0.15, -0.1) is 0 Å². The second kappa shape index (κ2) is 6.49. The van der Waals surface area contributed by atoms with E-state index in [9.17, 15) is 0 Å². The van der Waals surface area contributed by atoms with Gasteiger partial charge in [0.1, 0.15) is 5.75 Å². The third kappa shape index (κ3) is 3.58. The molecule has 0 bridgehead atoms. The highest BCUT2D eigenvalue weighted by molar-refractivity contribution is 5.29. The first-order chi connectivity index (χ1) is 7.31. The number of methoxy groups -OCH3 is 1. The molecule has 0 aliphatic carbocycles. The fraction of sp³-hybridized carbons (Fsp3) is 0.571. The maximum Gasteiger partial charge on any atom is 0.118 e. The van der Waals surface area contributed by atoms with Gasteiger partial charge in [-0.25, -0.2) is 0 Å². The van der Waals surface area contributed by atoms with Crippen LogP contribution in [0.2, 0.25) is 0 Å². The highest BCUT2D eigenvalue weighted by atomic mass is 16.5. The predicted octanol–water partition coefficient (Wildman–Crippen LogP) is 4.38. The Kier molecular flexibility index (Phi) is 5.23. The molecule has 1 aromatic carbocycles. The van der Waals surface area contributed by atoms with E-state index in [4.69, 9.17) is 4.74 Å². The van der Waals surface area contributed by atoms with Crippen LogP contribution in [0.15, 0.2) is 24.3 Å². The van der Waals surface area contributed by atoms with Crippen molar-refractivity contribution in [1.82, 2.24) is 0 Å². The van der Waals surface area contributed by atoms with Crippen molar-refractivity contribution in [1.29, 1.82) is 0 Å². The average Bonchev–Trinajstić information content (AvgIpc) is 2.31. The van der Waals surface area contributed by atoms with Crippen molar-refractivity contribution in [3.05, 3.63) is 29.8 Å². The maximum atomic E-state index is 5.16. The Morgan fingerprint density at radius 3 is 2.27 bits per heavy atom. The van der Waals surface area contributed by atoms with E-state index in [-0.39, 0.29) is 0 Å². The first-order valence-corrected chi connectivity index (χ1v) is 5.95. The minimum Gasteiger partial charge on any atom is -0.497 e. The van der Waals surface area contributed by atoms with Crippen molar-refractivity contribution in [2.24, 2.45) is 0 Å². The highest BCUT2D eigenvalue weighted by Crippen LogP contribution is 2.26. The summed E-state index contributed by atoms with van der Waals surface area (Å²) in [5.74, 6) is 1.67. The second-order valence-corrected chi connectivity index (χ2v) is 4.02. The number of benzene rings is 1. The number of rotatable bonds is 6. The molecule has 0 heterocycles. The molecular formula is C14H22O. The minimum absolute atomic E-state index is 0.718. The first kappa shape index (κ1) is 12.1. The van der Waals surface area contributed by atoms with Gasteiger partial charge in [0.15, 0.2) is 0 Å². The molecule has 0 N–H and O–H groups in total. The van der Waals surface area contributed by atoms with Gasteiger partial charge >= 0.3 is 0 Å². The molecule has 15 heavy (non-hydrogen) atoms. The van der Waals surface area contributed by atoms with Crippen LogP contribution in [-0.2, 0) is 0 Å². The van der Waals surface area contributed by atoms with Crippen molar-refractivity contribution in [2.45, 2.75) is 45.4 Å². The van der Waals surface area contributed by atoms with Gasteiger partial charge < -0.3 is 4.74 Å². The zero-order valence-corrected chi connectivity index (χ0v) is 10.1. The van der Waals surface area contributed by atoms with Crippen LogP contribution in [0.3, 0.4) is 0 Å². The third-order valence-corrected chi connectivity index (χ3v) is 2.99. The Morgan fingerprint density at radius 2 is 1.80 bits per heavy atom. The van der Waals surface area contributed by atoms with E-state index < -0.39 is 0 Å². The van der Waals surface area contributed by atoms with E-state index in [0.717, 1.165) is 11.7 Å². The van der Waals surface area contributed by atoms with Crippen molar-refractivity contribution in [3.8, 4) is 5.75 Å². The van der Waals surface area contributed by atoms with Gasteiger partial charge in [0.2, 0.25) is 0 Å². The average molecular weight is 206 g/mol. The van der Waals surface area contributed by atoms with Gasteiger partial charge in [0.25, 0.3) is 0 Å². The molecule has 0 fully saturated rings. The van der Waals surface area contributed by atoms with Crippen LogP contribution in [0.4, 0.5) is 0 Å². The standard InChI is InChI=1S/C14H22O/c1-4-6-7-12(5-2)13-8-10-14(15-3)11-9-13/h8-12H,4-7H2,1-3H3. The SMILES string of the molecule is CCCCC(CC)c1ccc(OC)cc1. The summed E-state index contributed by atoms with van der Waals surface area (Å²) in [6.07, 6.45) is 5.14. The normalized spacial score (nSPS) is 12.5. The summed E-state index contributed by atoms with van der Waals surface area (Å²) >= 11 is 0. The van der Waals surface area contributed by atoms with Crippen LogP contribution in [-0.4, -0.2) is 7.11 Å². The molecule has 0 aromatic heterocycles. The van der Waals surface area contributed by atoms with E-state index in [0.29, 0.717) is 0 Å². The lowest BCUT2D eigenvalue weighted by molar-refractivity contribution is 0.414. The monoisotopic (exact) mass is 206 g/mol. The summed E-state index contributed by atoms with van der Waals surface area (Å²) in [5, 5.41) is 0. The molecule has 0 saturated heterocycles. The number of ether oxygens (including phenoxy) is 1. The molecule has 0 aliphatic heterocycles. The van der Waals surface area contributed by atoms with Crippen LogP contribution in [0.1, 0.15) is 51.0 Å². The predicted molar refractivity (Wildman–Crippen MR) is 65.6 cm³/mol. The lowest BCUT2D eigenvalue weighted by atomic mass is 9.91. The van der Waals surface area contributed by atoms with Crippen LogP contribution in [0, 0.1) is 0 Å². The molecule has 1 heteroatoms. The number of hydrogen-bond acceptors (Lipinski definition) is 1. The van der Waals surface area contributed by atoms with Gasteiger partial charge in [0, 0.05) is 0 Å². The van der Waals surface area contributed by atoms with E-state index in [1.807, 2.05) is 0 Å². The Balaban J connectivity index is 2.65. The lowest BCUT2D eigenvalue weighted by Crippen LogP contribution is -1.97. The van der Waals surface area contributed by atoms with Crippen molar-refractivity contribution in [2.75, 3.05) is 7.11 Å². The van der Waals surface area contributed by atoms with Crippen molar-refractivity contribution >= 4 is 0 Å². The van der Waals surface area contributed by atoms with E-state index in [2.05, 4.69) is 38.1 Å². The Morgan fingerprint density at radius 1 is 1.13 bits per heavy atom. The summed E-state index contributed by atoms with van der Waals surface area (Å²) in [6.45, 7) is 4.52. The molecule has 1 unspecified atom stereocenters. The summed E-state index contributed by atoms with van der Waals surface area (Å²) < 4.78 is 5.16. The molecule has 0 spiro atoms. The molecule has 1 aromatic rings. The van der Waals surface area contributed by atoms with Gasteiger partial charge in [-0.1, -0.05) is 38.8 Å². The molecule has 0 amide bonds. The summed E-state index contributed by atoms with van der Waals surface area (Å²) in [7, 11) is 1.71. The van der Waals surface area contributed by atoms with Crippen LogP contribution in [0.5, 0.6) is 5.75 Å². The Labute approximate surface area is 93.5 Å². The van der Waals surface area contributed by atoms with E-state index >= 15 is 0 Å². The molecule has 1 nitrogen and oxygen atoms in total. The number of unbranched alkanes of at least 4 members (excludes halogenated alkanes) is 1. The minimum atomic E-state index is 0.718. The molecule has 1 atom stereocenters. The molecule has 1 rings (SSSR count). The summed E-state index contributed by atoms with van der Waals surface area (Å²) in [5.41, 5.74) is 1.45. The van der Waals surface area contributed by atoms with Gasteiger partial charge in [-0.3, -0.25) is 0 Å². The summed E-state index contributed by atoms with van der Waals surface area (Å²) in [4.78, 5) is 0. The molecule has 0 radical (unpaired) electrons. The molecule has 0 saturated carbocycles. The maximum absolute atomic E-state index is 5.16. The molecule has 84 valence electrons. The van der Waals surface area contributed by atoms with Crippen molar-refractivity contribution in [3.63, 3.8) is 0 Å². The first-order valence-electron chi connectivity index (χ1n) is 5.95. The Bertz CT molecular complexity index is 263. The lowest BCUT2D eigenvalue weighted by Gasteiger charge is -2.15. The van der Waals surface area contributed by atoms with E-state index in [1.165, 1.54) is 31.2 Å². The molecule has 0 aliphatic rings. The van der Waals surface area contributed by atoms with E-state index in [1.54, 1.807) is 7.11 Å². The van der Waals surface area contributed by atoms with Gasteiger partial charge in [-0.2, -0.15) is 0 Å². The fourth-order valence-corrected chi connectivity index (χ4v) is 1.93. The zero-order chi connectivity index (χ0) is 11.1. The largest absolute Gasteiger partial charge is 0.497 e. The highest BCUT2D eigenvalue weighted by Gasteiger charge is 2.08. The Hall–Kier alpha value is -0.980. The van der Waals surface area contributed by atoms with Crippen LogP contribution < -0.4 is 4.74 Å². The fourth-order valence-electron chi connectivity index (χ4n) is 1.93. The van der Waals surface area contributed by atoms with Crippen molar-refractivity contribution < 1.29 is 4.74 Å². The topological polar surface area (TPSA) is 9.23 Å². The quantitative estimate of drug-likeness (QED) is 0.671. The third-order valence-electron chi connectivity index (χ3n) is 2.99. The van der Waals surface area contributed by atoms with Crippen LogP contribution >= 0.6 is 0 Å². The van der Waals surface area contributed by atoms with Gasteiger partial charge in [-0.05, 0) is 36.5 Å². The van der Waals surface area contributed by atoms with Crippen LogP contribution in [0.25, 0.3) is 0 Å². The smallest absolute Gasteiger partial charge is 0.118 e. The second-order valence-electron chi connectivity index (χ2n) is 4.02. The number of hydrogen-bond donors (Lipinski definition) is 0. The summed E-state index contributed by atoms with van der Waals surface area (Å²) in [6, 6.07) is 8.51. The van der Waals surface area contributed by atoms with Gasteiger partial charge in [0.05, 0.1) is 7.11 Å². The zero-order valence-electron chi connectivity index (χ0n) is 10.1. The molecular weight excluding hydrogens is 184 g/mol.